The third-order valence-corrected chi connectivity index (χ3v) is 14.2. The van der Waals surface area contributed by atoms with Gasteiger partial charge in [0, 0.05) is 44.2 Å². The maximum atomic E-state index is 14.5. The number of aromatic nitrogens is 1. The predicted molar refractivity (Wildman–Crippen MR) is 220 cm³/mol. The summed E-state index contributed by atoms with van der Waals surface area (Å²) in [4.78, 5) is 17.6. The average Bonchev–Trinajstić information content (AvgIpc) is 3.90. The standard InChI is InChI=1S/C41H58N5O5SSi/c1-8-16-29-26-37-38-27-30(17-9-2)34(44-38)22-23-36-32(19-11-4)41(52(47,48)42-24-15-25-53(49-12-5,50-13-6)51-14-7)40(46-36)39-28-31(18-10-3)35(45-39)21-20-33(29)43-37/h20-23,26-28,42,45H,8-19,24-25H2,1-7H3/q-1/p+1. The van der Waals surface area contributed by atoms with Crippen LogP contribution < -0.4 is 9.71 Å². The van der Waals surface area contributed by atoms with Crippen molar-refractivity contribution in [3.05, 3.63) is 87.2 Å². The van der Waals surface area contributed by atoms with Crippen molar-refractivity contribution in [2.75, 3.05) is 26.4 Å². The molecule has 1 aromatic heterocycles. The Morgan fingerprint density at radius 3 is 1.87 bits per heavy atom. The molecule has 0 fully saturated rings. The Bertz CT molecular complexity index is 1830. The van der Waals surface area contributed by atoms with E-state index in [1.54, 1.807) is 0 Å². The summed E-state index contributed by atoms with van der Waals surface area (Å²) >= 11 is 0. The minimum Gasteiger partial charge on any atom is -0.634 e. The highest BCUT2D eigenvalue weighted by molar-refractivity contribution is 8.03. The Morgan fingerprint density at radius 1 is 0.755 bits per heavy atom. The molecule has 53 heavy (non-hydrogen) atoms. The van der Waals surface area contributed by atoms with Crippen molar-refractivity contribution < 1.29 is 27.4 Å². The zero-order chi connectivity index (χ0) is 38.0. The van der Waals surface area contributed by atoms with Gasteiger partial charge in [0.15, 0.2) is 0 Å². The summed E-state index contributed by atoms with van der Waals surface area (Å²) in [5, 5.41) is 0. The fourth-order valence-corrected chi connectivity index (χ4v) is 11.4. The van der Waals surface area contributed by atoms with Gasteiger partial charge in [-0.05, 0) is 106 Å². The Kier molecular flexibility index (Phi) is 14.7. The first-order chi connectivity index (χ1) is 25.7. The van der Waals surface area contributed by atoms with E-state index in [0.29, 0.717) is 44.4 Å². The van der Waals surface area contributed by atoms with Crippen LogP contribution in [-0.4, -0.2) is 71.3 Å². The van der Waals surface area contributed by atoms with Crippen LogP contribution in [0.4, 0.5) is 0 Å². The van der Waals surface area contributed by atoms with Gasteiger partial charge in [0.2, 0.25) is 10.6 Å². The van der Waals surface area contributed by atoms with E-state index in [0.717, 1.165) is 102 Å². The van der Waals surface area contributed by atoms with E-state index in [-0.39, 0.29) is 11.4 Å². The van der Waals surface area contributed by atoms with Crippen LogP contribution in [0.25, 0.3) is 6.08 Å². The van der Waals surface area contributed by atoms with Crippen LogP contribution in [0, 0.1) is 0 Å². The van der Waals surface area contributed by atoms with E-state index in [2.05, 4.69) is 72.8 Å². The number of hydrogen-bond acceptors (Lipinski definition) is 8. The van der Waals surface area contributed by atoms with E-state index in [1.165, 1.54) is 5.57 Å². The lowest BCUT2D eigenvalue weighted by Gasteiger charge is -2.33. The van der Waals surface area contributed by atoms with Gasteiger partial charge in [-0.25, -0.2) is 9.98 Å². The number of aromatic amines is 1. The molecule has 4 aliphatic rings. The van der Waals surface area contributed by atoms with Gasteiger partial charge >= 0.3 is 8.80 Å². The van der Waals surface area contributed by atoms with Crippen molar-refractivity contribution in [3.63, 3.8) is 0 Å². The predicted octanol–water partition coefficient (Wildman–Crippen LogP) is 6.59. The minimum atomic E-state index is -3.97. The molecule has 288 valence electrons. The number of aryl methyl sites for hydroxylation is 1. The van der Waals surface area contributed by atoms with Gasteiger partial charge < -0.3 is 27.4 Å². The van der Waals surface area contributed by atoms with Gasteiger partial charge in [-0.2, -0.15) is 9.71 Å². The molecule has 0 amide bonds. The van der Waals surface area contributed by atoms with Crippen LogP contribution in [0.1, 0.15) is 117 Å². The zero-order valence-corrected chi connectivity index (χ0v) is 34.6. The summed E-state index contributed by atoms with van der Waals surface area (Å²) in [5.74, 6) is 0. The fraction of sp³-hybridized carbons (Fsp3) is 0.512. The van der Waals surface area contributed by atoms with Crippen molar-refractivity contribution >= 4 is 47.2 Å². The molecule has 0 unspecified atom stereocenters. The monoisotopic (exact) mass is 761 g/mol. The number of H-pyrrole nitrogens is 1. The Balaban J connectivity index is 1.63. The lowest BCUT2D eigenvalue weighted by Crippen LogP contribution is -2.69. The van der Waals surface area contributed by atoms with Gasteiger partial charge in [-0.15, -0.1) is 10.4 Å². The highest BCUT2D eigenvalue weighted by atomic mass is 32.3. The third kappa shape index (κ3) is 9.60. The van der Waals surface area contributed by atoms with Crippen molar-refractivity contribution in [1.29, 1.82) is 0 Å². The maximum absolute atomic E-state index is 14.5. The van der Waals surface area contributed by atoms with E-state index in [4.69, 9.17) is 23.3 Å². The molecule has 12 heteroatoms. The van der Waals surface area contributed by atoms with Gasteiger partial charge in [0.05, 0.1) is 28.4 Å². The lowest BCUT2D eigenvalue weighted by molar-refractivity contribution is -0.386. The van der Waals surface area contributed by atoms with Crippen LogP contribution in [-0.2, 0) is 30.1 Å². The second-order valence-electron chi connectivity index (χ2n) is 13.6. The number of nitrogens with one attached hydrogen (secondary N) is 3. The lowest BCUT2D eigenvalue weighted by atomic mass is 10.0. The third-order valence-electron chi connectivity index (χ3n) is 9.50. The van der Waals surface area contributed by atoms with Crippen molar-refractivity contribution in [2.45, 2.75) is 112 Å². The first-order valence-electron chi connectivity index (χ1n) is 19.7. The molecule has 0 aliphatic carbocycles. The smallest absolute Gasteiger partial charge is 0.500 e. The molecule has 0 aromatic carbocycles. The molecule has 0 spiro atoms. The van der Waals surface area contributed by atoms with Gasteiger partial charge in [0.25, 0.3) is 5.71 Å². The summed E-state index contributed by atoms with van der Waals surface area (Å²) in [6.07, 6.45) is 20.0. The molecule has 5 rings (SSSR count). The molecular weight excluding hydrogens is 703 g/mol. The molecule has 0 radical (unpaired) electrons. The van der Waals surface area contributed by atoms with Crippen molar-refractivity contribution in [2.24, 2.45) is 9.98 Å². The Morgan fingerprint density at radius 2 is 1.32 bits per heavy atom. The quantitative estimate of drug-likeness (QED) is 0.0629. The van der Waals surface area contributed by atoms with Gasteiger partial charge in [-0.1, -0.05) is 53.4 Å². The van der Waals surface area contributed by atoms with Crippen LogP contribution in [0.5, 0.6) is 0 Å². The van der Waals surface area contributed by atoms with Crippen LogP contribution >= 0.6 is 0 Å². The molecular formula is C41H59N5O5SSi. The summed E-state index contributed by atoms with van der Waals surface area (Å²) in [7, 11) is -6.89. The van der Waals surface area contributed by atoms with Gasteiger partial charge in [-0.3, -0.25) is 0 Å². The largest absolute Gasteiger partial charge is 0.634 e. The maximum Gasteiger partial charge on any atom is 0.500 e. The number of fused-ring (bicyclic) bond motifs is 6. The van der Waals surface area contributed by atoms with Crippen molar-refractivity contribution in [1.82, 2.24) is 9.71 Å². The molecule has 0 saturated heterocycles. The molecule has 0 saturated carbocycles. The van der Waals surface area contributed by atoms with Gasteiger partial charge in [0.1, 0.15) is 5.69 Å². The Hall–Kier alpha value is -3.07. The normalized spacial score (nSPS) is 17.2. The van der Waals surface area contributed by atoms with Crippen LogP contribution in [0.3, 0.4) is 0 Å². The first kappa shape index (κ1) is 41.1. The molecule has 1 aromatic rings. The number of hydrogen-bond donors (Lipinski definition) is 3. The van der Waals surface area contributed by atoms with E-state index in [9.17, 15) is 9.11 Å². The molecule has 3 N–H and O–H groups in total. The minimum absolute atomic E-state index is 0.223. The summed E-state index contributed by atoms with van der Waals surface area (Å²) in [6, 6.07) is 2.62. The number of rotatable bonds is 19. The van der Waals surface area contributed by atoms with Crippen LogP contribution in [0.2, 0.25) is 6.04 Å². The highest BCUT2D eigenvalue weighted by Gasteiger charge is 2.41. The number of nitrogens with zero attached hydrogens (tertiary/aromatic N) is 2. The fourth-order valence-electron chi connectivity index (χ4n) is 7.28. The average molecular weight is 762 g/mol. The second kappa shape index (κ2) is 19.0. The first-order valence-corrected chi connectivity index (χ1v) is 23.2. The summed E-state index contributed by atoms with van der Waals surface area (Å²) < 4.78 is 50.1. The summed E-state index contributed by atoms with van der Waals surface area (Å²) in [5.41, 5.74) is 10.8. The van der Waals surface area contributed by atoms with E-state index < -0.39 is 19.2 Å². The number of aliphatic imine (C=N–C) groups is 2. The van der Waals surface area contributed by atoms with Crippen molar-refractivity contribution in [3.8, 4) is 0 Å². The highest BCUT2D eigenvalue weighted by Crippen LogP contribution is 2.31. The molecule has 5 heterocycles. The SMILES string of the molecule is CCCC1=CC2=C3C=C(CCC)C(=N3)C=Cc3[nH]c(cc3CCC)C3=[NH+]C(=C(CCC)C3=[S+]([O-])([O-])NCCC[Si](OCC)(OCC)OCC)C=CC1=N2. The molecule has 4 aliphatic heterocycles. The van der Waals surface area contributed by atoms with E-state index in [1.807, 2.05) is 32.9 Å². The molecule has 0 atom stereocenters. The topological polar surface area (TPSA) is 140 Å². The zero-order valence-electron chi connectivity index (χ0n) is 32.8. The van der Waals surface area contributed by atoms with Crippen LogP contribution in [0.15, 0.2) is 80.2 Å². The molecule has 8 bridgehead atoms. The second-order valence-corrected chi connectivity index (χ2v) is 18.0. The Labute approximate surface area is 319 Å². The number of allylic oxidation sites excluding steroid dienone is 8. The van der Waals surface area contributed by atoms with E-state index >= 15 is 0 Å². The summed E-state index contributed by atoms with van der Waals surface area (Å²) in [6.45, 7) is 16.0. The molecule has 10 nitrogen and oxygen atoms in total.